The van der Waals surface area contributed by atoms with Crippen LogP contribution in [0.3, 0.4) is 0 Å². The molecule has 0 radical (unpaired) electrons. The Morgan fingerprint density at radius 2 is 2.05 bits per heavy atom. The summed E-state index contributed by atoms with van der Waals surface area (Å²) >= 11 is 5.93. The molecule has 7 nitrogen and oxygen atoms in total. The molecule has 1 N–H and O–H groups in total. The number of likely N-dealkylation sites (N-methyl/N-ethyl adjacent to an activating group) is 1. The van der Waals surface area contributed by atoms with Crippen LogP contribution in [0, 0.1) is 6.92 Å². The average molecular weight is 322 g/mol. The van der Waals surface area contributed by atoms with E-state index in [0.29, 0.717) is 16.4 Å². The lowest BCUT2D eigenvalue weighted by Crippen LogP contribution is -2.36. The molecule has 0 fully saturated rings. The van der Waals surface area contributed by atoms with E-state index in [0.717, 1.165) is 0 Å². The number of benzene rings is 1. The van der Waals surface area contributed by atoms with Gasteiger partial charge in [-0.1, -0.05) is 17.7 Å². The van der Waals surface area contributed by atoms with Gasteiger partial charge in [0.1, 0.15) is 0 Å². The maximum absolute atomic E-state index is 12.1. The van der Waals surface area contributed by atoms with Crippen LogP contribution in [0.25, 0.3) is 5.69 Å². The highest BCUT2D eigenvalue weighted by Gasteiger charge is 2.17. The van der Waals surface area contributed by atoms with Gasteiger partial charge in [0.2, 0.25) is 5.91 Å². The molecule has 2 aromatic rings. The van der Waals surface area contributed by atoms with Gasteiger partial charge in [-0.05, 0) is 25.1 Å². The van der Waals surface area contributed by atoms with E-state index in [9.17, 15) is 9.59 Å². The molecule has 0 aliphatic carbocycles. The fourth-order valence-electron chi connectivity index (χ4n) is 1.70. The van der Waals surface area contributed by atoms with E-state index in [1.165, 1.54) is 9.70 Å². The zero-order chi connectivity index (χ0) is 16.3. The van der Waals surface area contributed by atoms with Crippen LogP contribution < -0.4 is 5.32 Å². The van der Waals surface area contributed by atoms with Gasteiger partial charge in [-0.15, -0.1) is 5.10 Å². The van der Waals surface area contributed by atoms with Gasteiger partial charge in [0.05, 0.1) is 17.9 Å². The van der Waals surface area contributed by atoms with E-state index in [1.807, 2.05) is 0 Å². The molecular formula is C14H16ClN5O2. The second-order valence-corrected chi connectivity index (χ2v) is 5.31. The van der Waals surface area contributed by atoms with Gasteiger partial charge < -0.3 is 10.2 Å². The van der Waals surface area contributed by atoms with E-state index < -0.39 is 5.91 Å². The van der Waals surface area contributed by atoms with Gasteiger partial charge in [0.25, 0.3) is 5.91 Å². The van der Waals surface area contributed by atoms with E-state index >= 15 is 0 Å². The molecule has 0 atom stereocenters. The zero-order valence-corrected chi connectivity index (χ0v) is 13.3. The molecule has 1 aromatic heterocycles. The van der Waals surface area contributed by atoms with Crippen molar-refractivity contribution in [2.45, 2.75) is 6.92 Å². The summed E-state index contributed by atoms with van der Waals surface area (Å²) in [7, 11) is 3.24. The number of rotatable bonds is 4. The van der Waals surface area contributed by atoms with E-state index in [2.05, 4.69) is 15.5 Å². The minimum Gasteiger partial charge on any atom is -0.347 e. The Balaban J connectivity index is 2.16. The van der Waals surface area contributed by atoms with E-state index in [4.69, 9.17) is 11.6 Å². The lowest BCUT2D eigenvalue weighted by Gasteiger charge is -2.10. The topological polar surface area (TPSA) is 80.1 Å². The number of carbonyl (C=O) groups excluding carboxylic acids is 2. The van der Waals surface area contributed by atoms with Gasteiger partial charge in [0.15, 0.2) is 5.69 Å². The molecule has 0 unspecified atom stereocenters. The minimum atomic E-state index is -0.444. The quantitative estimate of drug-likeness (QED) is 0.912. The smallest absolute Gasteiger partial charge is 0.274 e. The van der Waals surface area contributed by atoms with E-state index in [-0.39, 0.29) is 18.1 Å². The molecule has 0 aliphatic heterocycles. The van der Waals surface area contributed by atoms with Crippen LogP contribution in [0.1, 0.15) is 16.2 Å². The Hall–Kier alpha value is -2.41. The maximum atomic E-state index is 12.1. The number of nitrogens with one attached hydrogen (secondary N) is 1. The SMILES string of the molecule is Cc1nn(-c2cccc(Cl)c2)nc1C(=O)NCC(=O)N(C)C. The maximum Gasteiger partial charge on any atom is 0.274 e. The second-order valence-electron chi connectivity index (χ2n) is 4.87. The van der Waals surface area contributed by atoms with Crippen LogP contribution in [-0.4, -0.2) is 52.3 Å². The Morgan fingerprint density at radius 1 is 1.32 bits per heavy atom. The molecule has 0 saturated heterocycles. The average Bonchev–Trinajstić information content (AvgIpc) is 2.86. The third-order valence-corrected chi connectivity index (χ3v) is 3.17. The highest BCUT2D eigenvalue weighted by Crippen LogP contribution is 2.14. The van der Waals surface area contributed by atoms with Crippen molar-refractivity contribution in [2.75, 3.05) is 20.6 Å². The predicted octanol–water partition coefficient (Wildman–Crippen LogP) is 1.05. The predicted molar refractivity (Wildman–Crippen MR) is 82.1 cm³/mol. The van der Waals surface area contributed by atoms with Crippen LogP contribution in [-0.2, 0) is 4.79 Å². The third kappa shape index (κ3) is 3.62. The molecule has 0 saturated carbocycles. The Labute approximate surface area is 132 Å². The Morgan fingerprint density at radius 3 is 2.68 bits per heavy atom. The van der Waals surface area contributed by atoms with Crippen molar-refractivity contribution in [1.29, 1.82) is 0 Å². The van der Waals surface area contributed by atoms with Crippen LogP contribution in [0.15, 0.2) is 24.3 Å². The van der Waals surface area contributed by atoms with Crippen molar-refractivity contribution in [3.63, 3.8) is 0 Å². The number of amides is 2. The Bertz CT molecular complexity index is 711. The molecular weight excluding hydrogens is 306 g/mol. The first-order valence-electron chi connectivity index (χ1n) is 6.56. The van der Waals surface area contributed by atoms with Crippen molar-refractivity contribution in [3.8, 4) is 5.69 Å². The second kappa shape index (κ2) is 6.57. The van der Waals surface area contributed by atoms with Crippen molar-refractivity contribution in [2.24, 2.45) is 0 Å². The number of aryl methyl sites for hydroxylation is 1. The fourth-order valence-corrected chi connectivity index (χ4v) is 1.89. The summed E-state index contributed by atoms with van der Waals surface area (Å²) in [6.45, 7) is 1.59. The van der Waals surface area contributed by atoms with Crippen LogP contribution >= 0.6 is 11.6 Å². The van der Waals surface area contributed by atoms with Crippen LogP contribution in [0.5, 0.6) is 0 Å². The number of carbonyl (C=O) groups is 2. The van der Waals surface area contributed by atoms with Crippen LogP contribution in [0.4, 0.5) is 0 Å². The third-order valence-electron chi connectivity index (χ3n) is 2.94. The first kappa shape index (κ1) is 16.0. The number of hydrogen-bond acceptors (Lipinski definition) is 4. The summed E-state index contributed by atoms with van der Waals surface area (Å²) in [5, 5.41) is 11.4. The molecule has 1 aromatic carbocycles. The number of hydrogen-bond donors (Lipinski definition) is 1. The van der Waals surface area contributed by atoms with Gasteiger partial charge in [-0.25, -0.2) is 0 Å². The minimum absolute atomic E-state index is 0.0880. The molecule has 8 heteroatoms. The zero-order valence-electron chi connectivity index (χ0n) is 12.5. The van der Waals surface area contributed by atoms with Gasteiger partial charge in [-0.2, -0.15) is 9.90 Å². The summed E-state index contributed by atoms with van der Waals surface area (Å²) in [4.78, 5) is 26.3. The first-order chi connectivity index (χ1) is 10.4. The van der Waals surface area contributed by atoms with Gasteiger partial charge in [-0.3, -0.25) is 9.59 Å². The highest BCUT2D eigenvalue weighted by atomic mass is 35.5. The molecule has 0 bridgehead atoms. The Kier molecular flexibility index (Phi) is 4.77. The standard InChI is InChI=1S/C14H16ClN5O2/c1-9-13(14(22)16-8-12(21)19(2)3)18-20(17-9)11-6-4-5-10(15)7-11/h4-7H,8H2,1-3H3,(H,16,22). The summed E-state index contributed by atoms with van der Waals surface area (Å²) in [5.41, 5.74) is 1.29. The number of aromatic nitrogens is 3. The molecule has 0 spiro atoms. The molecule has 0 aliphatic rings. The summed E-state index contributed by atoms with van der Waals surface area (Å²) < 4.78 is 0. The molecule has 2 rings (SSSR count). The van der Waals surface area contributed by atoms with E-state index in [1.54, 1.807) is 45.3 Å². The van der Waals surface area contributed by atoms with Gasteiger partial charge in [0, 0.05) is 19.1 Å². The highest BCUT2D eigenvalue weighted by molar-refractivity contribution is 6.30. The largest absolute Gasteiger partial charge is 0.347 e. The summed E-state index contributed by atoms with van der Waals surface area (Å²) in [5.74, 6) is -0.644. The van der Waals surface area contributed by atoms with Crippen molar-refractivity contribution in [3.05, 3.63) is 40.7 Å². The van der Waals surface area contributed by atoms with Crippen molar-refractivity contribution < 1.29 is 9.59 Å². The fraction of sp³-hybridized carbons (Fsp3) is 0.286. The summed E-state index contributed by atoms with van der Waals surface area (Å²) in [6, 6.07) is 6.98. The van der Waals surface area contributed by atoms with Crippen molar-refractivity contribution in [1.82, 2.24) is 25.2 Å². The first-order valence-corrected chi connectivity index (χ1v) is 6.94. The summed E-state index contributed by atoms with van der Waals surface area (Å²) in [6.07, 6.45) is 0. The van der Waals surface area contributed by atoms with Crippen molar-refractivity contribution >= 4 is 23.4 Å². The number of halogens is 1. The molecule has 2 amide bonds. The molecule has 116 valence electrons. The lowest BCUT2D eigenvalue weighted by atomic mass is 10.3. The normalized spacial score (nSPS) is 10.4. The number of nitrogens with zero attached hydrogens (tertiary/aromatic N) is 4. The van der Waals surface area contributed by atoms with Gasteiger partial charge >= 0.3 is 0 Å². The monoisotopic (exact) mass is 321 g/mol. The molecule has 1 heterocycles. The molecule has 22 heavy (non-hydrogen) atoms. The van der Waals surface area contributed by atoms with Crippen LogP contribution in [0.2, 0.25) is 5.02 Å². The lowest BCUT2D eigenvalue weighted by molar-refractivity contribution is -0.127.